The molecule has 19 heavy (non-hydrogen) atoms. The van der Waals surface area contributed by atoms with Crippen LogP contribution in [0.3, 0.4) is 0 Å². The number of nitrogens with one attached hydrogen (secondary N) is 1. The molecule has 8 heteroatoms. The Balaban J connectivity index is 2.20. The Morgan fingerprint density at radius 2 is 2.16 bits per heavy atom. The van der Waals surface area contributed by atoms with Crippen LogP contribution in [-0.2, 0) is 10.0 Å². The van der Waals surface area contributed by atoms with Gasteiger partial charge in [-0.05, 0) is 40.5 Å². The lowest BCUT2D eigenvalue weighted by molar-refractivity contribution is 0.470. The van der Waals surface area contributed by atoms with Crippen LogP contribution in [0.5, 0.6) is 0 Å². The van der Waals surface area contributed by atoms with Crippen molar-refractivity contribution in [3.05, 3.63) is 27.1 Å². The minimum absolute atomic E-state index is 0.192. The number of benzene rings is 1. The zero-order chi connectivity index (χ0) is 14.0. The molecule has 1 heterocycles. The summed E-state index contributed by atoms with van der Waals surface area (Å²) in [5.74, 6) is 0. The van der Waals surface area contributed by atoms with E-state index in [0.717, 1.165) is 0 Å². The first kappa shape index (κ1) is 14.8. The van der Waals surface area contributed by atoms with Gasteiger partial charge in [0.15, 0.2) is 6.19 Å². The van der Waals surface area contributed by atoms with Crippen LogP contribution in [-0.4, -0.2) is 32.4 Å². The monoisotopic (exact) mass is 407 g/mol. The Bertz CT molecular complexity index is 627. The Morgan fingerprint density at radius 3 is 2.79 bits per heavy atom. The van der Waals surface area contributed by atoms with Crippen molar-refractivity contribution in [1.82, 2.24) is 9.62 Å². The summed E-state index contributed by atoms with van der Waals surface area (Å²) in [6.07, 6.45) is 2.66. The number of likely N-dealkylation sites (tertiary alicyclic amines) is 1. The normalized spacial score (nSPS) is 19.4. The van der Waals surface area contributed by atoms with E-state index in [2.05, 4.69) is 36.6 Å². The maximum atomic E-state index is 12.3. The summed E-state index contributed by atoms with van der Waals surface area (Å²) < 4.78 is 28.4. The Labute approximate surface area is 128 Å². The van der Waals surface area contributed by atoms with Crippen LogP contribution in [0.2, 0.25) is 0 Å². The van der Waals surface area contributed by atoms with Crippen molar-refractivity contribution in [3.63, 3.8) is 0 Å². The lowest BCUT2D eigenvalue weighted by Gasteiger charge is -2.14. The number of nitrogens with zero attached hydrogens (tertiary/aromatic N) is 2. The highest BCUT2D eigenvalue weighted by atomic mass is 79.9. The second kappa shape index (κ2) is 5.79. The van der Waals surface area contributed by atoms with Gasteiger partial charge in [-0.15, -0.1) is 0 Å². The van der Waals surface area contributed by atoms with Crippen molar-refractivity contribution in [3.8, 4) is 6.19 Å². The van der Waals surface area contributed by atoms with E-state index in [4.69, 9.17) is 5.26 Å². The van der Waals surface area contributed by atoms with Crippen LogP contribution in [0.25, 0.3) is 0 Å². The summed E-state index contributed by atoms with van der Waals surface area (Å²) in [6, 6.07) is 4.75. The fourth-order valence-corrected chi connectivity index (χ4v) is 4.68. The van der Waals surface area contributed by atoms with E-state index in [-0.39, 0.29) is 10.9 Å². The van der Waals surface area contributed by atoms with Gasteiger partial charge in [0.05, 0.1) is 4.90 Å². The number of hydrogen-bond acceptors (Lipinski definition) is 4. The van der Waals surface area contributed by atoms with Crippen molar-refractivity contribution in [2.75, 3.05) is 13.1 Å². The number of hydrogen-bond donors (Lipinski definition) is 1. The molecule has 1 atom stereocenters. The summed E-state index contributed by atoms with van der Waals surface area (Å²) in [5, 5.41) is 8.76. The van der Waals surface area contributed by atoms with Gasteiger partial charge in [0.1, 0.15) is 0 Å². The smallest absolute Gasteiger partial charge is 0.242 e. The van der Waals surface area contributed by atoms with Crippen molar-refractivity contribution in [2.45, 2.75) is 17.4 Å². The van der Waals surface area contributed by atoms with E-state index in [1.54, 1.807) is 23.1 Å². The van der Waals surface area contributed by atoms with Crippen LogP contribution in [0.4, 0.5) is 0 Å². The number of nitriles is 1. The maximum absolute atomic E-state index is 12.3. The molecule has 1 aromatic rings. The minimum Gasteiger partial charge on any atom is -0.309 e. The predicted molar refractivity (Wildman–Crippen MR) is 77.8 cm³/mol. The van der Waals surface area contributed by atoms with E-state index >= 15 is 0 Å². The average Bonchev–Trinajstić information content (AvgIpc) is 2.79. The molecule has 0 saturated carbocycles. The van der Waals surface area contributed by atoms with Crippen LogP contribution in [0, 0.1) is 11.5 Å². The van der Waals surface area contributed by atoms with Crippen molar-refractivity contribution in [1.29, 1.82) is 5.26 Å². The molecule has 1 fully saturated rings. The lowest BCUT2D eigenvalue weighted by atomic mass is 10.3. The molecule has 1 aromatic carbocycles. The van der Waals surface area contributed by atoms with Gasteiger partial charge < -0.3 is 4.90 Å². The van der Waals surface area contributed by atoms with Crippen LogP contribution in [0.15, 0.2) is 32.0 Å². The zero-order valence-electron chi connectivity index (χ0n) is 9.81. The van der Waals surface area contributed by atoms with E-state index in [9.17, 15) is 8.42 Å². The Kier molecular flexibility index (Phi) is 4.50. The molecule has 1 N–H and O–H groups in total. The largest absolute Gasteiger partial charge is 0.309 e. The first-order chi connectivity index (χ1) is 8.92. The van der Waals surface area contributed by atoms with Gasteiger partial charge >= 0.3 is 0 Å². The quantitative estimate of drug-likeness (QED) is 0.776. The molecule has 0 spiro atoms. The fraction of sp³-hybridized carbons (Fsp3) is 0.364. The van der Waals surface area contributed by atoms with Gasteiger partial charge in [0.25, 0.3) is 0 Å². The molecule has 0 radical (unpaired) electrons. The van der Waals surface area contributed by atoms with Crippen molar-refractivity contribution in [2.24, 2.45) is 0 Å². The van der Waals surface area contributed by atoms with E-state index in [0.29, 0.717) is 28.5 Å². The van der Waals surface area contributed by atoms with E-state index < -0.39 is 10.0 Å². The Hall–Kier alpha value is -0.620. The SMILES string of the molecule is N#CN1CCC(NS(=O)(=O)c2cc(Br)ccc2Br)C1. The molecule has 0 amide bonds. The molecule has 0 bridgehead atoms. The number of sulfonamides is 1. The molecule has 5 nitrogen and oxygen atoms in total. The van der Waals surface area contributed by atoms with E-state index in [1.807, 2.05) is 6.19 Å². The highest BCUT2D eigenvalue weighted by Gasteiger charge is 2.27. The van der Waals surface area contributed by atoms with Crippen LogP contribution < -0.4 is 4.72 Å². The second-order valence-corrected chi connectivity index (χ2v) is 7.68. The summed E-state index contributed by atoms with van der Waals surface area (Å²) >= 11 is 6.50. The first-order valence-electron chi connectivity index (χ1n) is 5.54. The molecule has 2 rings (SSSR count). The third-order valence-corrected chi connectivity index (χ3v) is 5.84. The predicted octanol–water partition coefficient (Wildman–Crippen LogP) is 2.05. The molecule has 0 aliphatic carbocycles. The molecule has 1 aliphatic heterocycles. The second-order valence-electron chi connectivity index (χ2n) is 4.23. The summed E-state index contributed by atoms with van der Waals surface area (Å²) in [5.41, 5.74) is 0. The number of halogens is 2. The van der Waals surface area contributed by atoms with Crippen LogP contribution in [0.1, 0.15) is 6.42 Å². The highest BCUT2D eigenvalue weighted by Crippen LogP contribution is 2.26. The molecule has 1 unspecified atom stereocenters. The lowest BCUT2D eigenvalue weighted by Crippen LogP contribution is -2.36. The minimum atomic E-state index is -3.59. The third-order valence-electron chi connectivity index (χ3n) is 2.83. The van der Waals surface area contributed by atoms with Crippen molar-refractivity contribution >= 4 is 41.9 Å². The molecular formula is C11H11Br2N3O2S. The van der Waals surface area contributed by atoms with Gasteiger partial charge in [0, 0.05) is 28.1 Å². The first-order valence-corrected chi connectivity index (χ1v) is 8.61. The van der Waals surface area contributed by atoms with Gasteiger partial charge in [0.2, 0.25) is 10.0 Å². The average molecular weight is 409 g/mol. The standard InChI is InChI=1S/C11H11Br2N3O2S/c12-8-1-2-10(13)11(5-8)19(17,18)15-9-3-4-16(6-9)7-14/h1-2,5,9,15H,3-4,6H2. The fourth-order valence-electron chi connectivity index (χ4n) is 1.91. The molecule has 0 aromatic heterocycles. The summed E-state index contributed by atoms with van der Waals surface area (Å²) in [4.78, 5) is 1.74. The molecular weight excluding hydrogens is 398 g/mol. The third kappa shape index (κ3) is 3.48. The summed E-state index contributed by atoms with van der Waals surface area (Å²) in [7, 11) is -3.59. The van der Waals surface area contributed by atoms with Crippen LogP contribution >= 0.6 is 31.9 Å². The molecule has 102 valence electrons. The van der Waals surface area contributed by atoms with Gasteiger partial charge in [-0.1, -0.05) is 15.9 Å². The van der Waals surface area contributed by atoms with Gasteiger partial charge in [-0.25, -0.2) is 13.1 Å². The van der Waals surface area contributed by atoms with E-state index in [1.165, 1.54) is 0 Å². The van der Waals surface area contributed by atoms with Gasteiger partial charge in [-0.3, -0.25) is 0 Å². The number of rotatable bonds is 3. The van der Waals surface area contributed by atoms with Crippen molar-refractivity contribution < 1.29 is 8.42 Å². The Morgan fingerprint density at radius 1 is 1.42 bits per heavy atom. The zero-order valence-corrected chi connectivity index (χ0v) is 13.8. The summed E-state index contributed by atoms with van der Waals surface area (Å²) in [6.45, 7) is 1.00. The highest BCUT2D eigenvalue weighted by molar-refractivity contribution is 9.11. The maximum Gasteiger partial charge on any atom is 0.242 e. The molecule has 1 saturated heterocycles. The molecule has 1 aliphatic rings. The van der Waals surface area contributed by atoms with Gasteiger partial charge in [-0.2, -0.15) is 5.26 Å². The topological polar surface area (TPSA) is 73.2 Å².